The minimum Gasteiger partial charge on any atom is -0.443 e. The first-order valence-electron chi connectivity index (χ1n) is 9.34. The minimum atomic E-state index is 0.501. The molecule has 0 saturated heterocycles. The van der Waals surface area contributed by atoms with Crippen molar-refractivity contribution in [3.05, 3.63) is 110 Å². The normalized spacial score (nSPS) is 10.8. The Hall–Kier alpha value is -4.12. The number of hydrogen-bond donors (Lipinski definition) is 0. The second-order valence-electron chi connectivity index (χ2n) is 6.50. The van der Waals surface area contributed by atoms with E-state index in [9.17, 15) is 0 Å². The van der Waals surface area contributed by atoms with E-state index in [0.29, 0.717) is 11.6 Å². The summed E-state index contributed by atoms with van der Waals surface area (Å²) >= 11 is 0. The van der Waals surface area contributed by atoms with Crippen LogP contribution in [0.25, 0.3) is 17.3 Å². The summed E-state index contributed by atoms with van der Waals surface area (Å²) in [5.74, 6) is 1.29. The molecule has 5 rings (SSSR count). The third-order valence-electron chi connectivity index (χ3n) is 4.62. The SMILES string of the molecule is c1ccc(N(c2cccc(-n3cccc3)c2)c2cccc(-c3ncco3)n2)cc1. The van der Waals surface area contributed by atoms with E-state index in [1.54, 1.807) is 12.5 Å². The highest BCUT2D eigenvalue weighted by Gasteiger charge is 2.16. The molecule has 29 heavy (non-hydrogen) atoms. The molecule has 0 amide bonds. The van der Waals surface area contributed by atoms with Crippen molar-refractivity contribution in [1.29, 1.82) is 0 Å². The van der Waals surface area contributed by atoms with Crippen molar-refractivity contribution in [2.45, 2.75) is 0 Å². The molecule has 0 bridgehead atoms. The monoisotopic (exact) mass is 378 g/mol. The smallest absolute Gasteiger partial charge is 0.245 e. The van der Waals surface area contributed by atoms with Crippen molar-refractivity contribution in [3.8, 4) is 17.3 Å². The second-order valence-corrected chi connectivity index (χ2v) is 6.50. The molecule has 0 radical (unpaired) electrons. The van der Waals surface area contributed by atoms with Crippen molar-refractivity contribution in [1.82, 2.24) is 14.5 Å². The van der Waals surface area contributed by atoms with Gasteiger partial charge in [0.1, 0.15) is 17.8 Å². The van der Waals surface area contributed by atoms with Gasteiger partial charge in [0.15, 0.2) is 0 Å². The van der Waals surface area contributed by atoms with Gasteiger partial charge in [0, 0.05) is 29.5 Å². The van der Waals surface area contributed by atoms with Crippen LogP contribution in [0.3, 0.4) is 0 Å². The number of pyridine rings is 1. The number of oxazole rings is 1. The zero-order valence-corrected chi connectivity index (χ0v) is 15.6. The van der Waals surface area contributed by atoms with Crippen molar-refractivity contribution in [2.24, 2.45) is 0 Å². The predicted molar refractivity (Wildman–Crippen MR) is 114 cm³/mol. The molecule has 5 nitrogen and oxygen atoms in total. The maximum atomic E-state index is 5.44. The van der Waals surface area contributed by atoms with Crippen molar-refractivity contribution in [2.75, 3.05) is 4.90 Å². The van der Waals surface area contributed by atoms with Crippen molar-refractivity contribution in [3.63, 3.8) is 0 Å². The standard InChI is InChI=1S/C24H18N4O/c1-2-8-19(9-3-1)28(21-11-6-10-20(18-21)27-15-4-5-16-27)23-13-7-12-22(26-23)24-25-14-17-29-24/h1-18H. The van der Waals surface area contributed by atoms with Crippen LogP contribution in [0.4, 0.5) is 17.2 Å². The molecule has 0 N–H and O–H groups in total. The molecule has 0 atom stereocenters. The number of nitrogens with zero attached hydrogens (tertiary/aromatic N) is 4. The second kappa shape index (κ2) is 7.48. The largest absolute Gasteiger partial charge is 0.443 e. The van der Waals surface area contributed by atoms with Gasteiger partial charge in [-0.3, -0.25) is 4.90 Å². The van der Waals surface area contributed by atoms with Crippen LogP contribution >= 0.6 is 0 Å². The Labute approximate surface area is 168 Å². The fraction of sp³-hybridized carbons (Fsp3) is 0. The Bertz CT molecular complexity index is 1120. The van der Waals surface area contributed by atoms with Gasteiger partial charge in [-0.2, -0.15) is 0 Å². The van der Waals surface area contributed by atoms with Crippen molar-refractivity contribution >= 4 is 17.2 Å². The van der Waals surface area contributed by atoms with Crippen LogP contribution in [0.15, 0.2) is 114 Å². The maximum Gasteiger partial charge on any atom is 0.245 e. The third kappa shape index (κ3) is 3.41. The molecule has 0 aliphatic heterocycles. The molecule has 5 heteroatoms. The lowest BCUT2D eigenvalue weighted by Gasteiger charge is -2.25. The molecule has 0 spiro atoms. The molecule has 0 unspecified atom stereocenters. The minimum absolute atomic E-state index is 0.501. The topological polar surface area (TPSA) is 47.1 Å². The van der Waals surface area contributed by atoms with E-state index in [0.717, 1.165) is 22.9 Å². The van der Waals surface area contributed by atoms with Gasteiger partial charge in [0.2, 0.25) is 5.89 Å². The van der Waals surface area contributed by atoms with E-state index < -0.39 is 0 Å². The van der Waals surface area contributed by atoms with E-state index in [1.807, 2.05) is 60.9 Å². The molecule has 5 aromatic rings. The zero-order chi connectivity index (χ0) is 19.5. The first kappa shape index (κ1) is 17.0. The lowest BCUT2D eigenvalue weighted by atomic mass is 10.2. The summed E-state index contributed by atoms with van der Waals surface area (Å²) in [7, 11) is 0. The fourth-order valence-electron chi connectivity index (χ4n) is 3.31. The number of para-hydroxylation sites is 1. The van der Waals surface area contributed by atoms with E-state index in [4.69, 9.17) is 9.40 Å². The Morgan fingerprint density at radius 3 is 2.34 bits per heavy atom. The predicted octanol–water partition coefficient (Wildman–Crippen LogP) is 6.00. The number of anilines is 3. The molecule has 0 aliphatic rings. The lowest BCUT2D eigenvalue weighted by Crippen LogP contribution is -2.12. The summed E-state index contributed by atoms with van der Waals surface area (Å²) < 4.78 is 7.52. The first-order chi connectivity index (χ1) is 14.4. The van der Waals surface area contributed by atoms with Gasteiger partial charge in [-0.1, -0.05) is 30.3 Å². The van der Waals surface area contributed by atoms with Gasteiger partial charge >= 0.3 is 0 Å². The van der Waals surface area contributed by atoms with Crippen molar-refractivity contribution < 1.29 is 4.42 Å². The number of hydrogen-bond acceptors (Lipinski definition) is 4. The Balaban J connectivity index is 1.64. The van der Waals surface area contributed by atoms with Gasteiger partial charge in [-0.05, 0) is 54.6 Å². The molecule has 3 aromatic heterocycles. The molecular formula is C24H18N4O. The summed E-state index contributed by atoms with van der Waals surface area (Å²) in [4.78, 5) is 11.2. The van der Waals surface area contributed by atoms with E-state index >= 15 is 0 Å². The molecule has 2 aromatic carbocycles. The number of aromatic nitrogens is 3. The summed E-state index contributed by atoms with van der Waals surface area (Å²) in [6.07, 6.45) is 7.25. The summed E-state index contributed by atoms with van der Waals surface area (Å²) in [6, 6.07) is 28.5. The summed E-state index contributed by atoms with van der Waals surface area (Å²) in [5.41, 5.74) is 3.81. The highest BCUT2D eigenvalue weighted by Crippen LogP contribution is 2.34. The van der Waals surface area contributed by atoms with Crippen LogP contribution in [0.1, 0.15) is 0 Å². The Kier molecular flexibility index (Phi) is 4.39. The lowest BCUT2D eigenvalue weighted by molar-refractivity contribution is 0.572. The van der Waals surface area contributed by atoms with Crippen LogP contribution in [-0.4, -0.2) is 14.5 Å². The highest BCUT2D eigenvalue weighted by atomic mass is 16.3. The quantitative estimate of drug-likeness (QED) is 0.376. The number of benzene rings is 2. The van der Waals surface area contributed by atoms with Gasteiger partial charge < -0.3 is 8.98 Å². The average molecular weight is 378 g/mol. The molecule has 0 fully saturated rings. The van der Waals surface area contributed by atoms with E-state index in [1.165, 1.54) is 0 Å². The fourth-order valence-corrected chi connectivity index (χ4v) is 3.31. The van der Waals surface area contributed by atoms with Gasteiger partial charge in [0.25, 0.3) is 0 Å². The molecular weight excluding hydrogens is 360 g/mol. The van der Waals surface area contributed by atoms with Gasteiger partial charge in [0.05, 0.1) is 6.20 Å². The molecule has 0 aliphatic carbocycles. The highest BCUT2D eigenvalue weighted by molar-refractivity contribution is 5.76. The zero-order valence-electron chi connectivity index (χ0n) is 15.6. The van der Waals surface area contributed by atoms with Crippen LogP contribution in [0.2, 0.25) is 0 Å². The van der Waals surface area contributed by atoms with Crippen LogP contribution < -0.4 is 4.90 Å². The molecule has 140 valence electrons. The van der Waals surface area contributed by atoms with E-state index in [2.05, 4.69) is 50.8 Å². The number of rotatable bonds is 5. The van der Waals surface area contributed by atoms with Crippen LogP contribution in [0.5, 0.6) is 0 Å². The van der Waals surface area contributed by atoms with Gasteiger partial charge in [-0.15, -0.1) is 0 Å². The Morgan fingerprint density at radius 1 is 0.759 bits per heavy atom. The van der Waals surface area contributed by atoms with Crippen LogP contribution in [-0.2, 0) is 0 Å². The maximum absolute atomic E-state index is 5.44. The molecule has 0 saturated carbocycles. The molecule has 3 heterocycles. The average Bonchev–Trinajstić information content (AvgIpc) is 3.50. The Morgan fingerprint density at radius 2 is 1.55 bits per heavy atom. The summed E-state index contributed by atoms with van der Waals surface area (Å²) in [6.45, 7) is 0. The van der Waals surface area contributed by atoms with Gasteiger partial charge in [-0.25, -0.2) is 9.97 Å². The van der Waals surface area contributed by atoms with E-state index in [-0.39, 0.29) is 0 Å². The summed E-state index contributed by atoms with van der Waals surface area (Å²) in [5, 5.41) is 0. The third-order valence-corrected chi connectivity index (χ3v) is 4.62. The van der Waals surface area contributed by atoms with Crippen LogP contribution in [0, 0.1) is 0 Å². The first-order valence-corrected chi connectivity index (χ1v) is 9.34.